The molecule has 0 aliphatic carbocycles. The molecular formula is C15H17BF3N5O4. The highest BCUT2D eigenvalue weighted by atomic mass is 19.4. The summed E-state index contributed by atoms with van der Waals surface area (Å²) in [7, 11) is -1.27. The van der Waals surface area contributed by atoms with Gasteiger partial charge >= 0.3 is 19.4 Å². The fourth-order valence-electron chi connectivity index (χ4n) is 2.49. The van der Waals surface area contributed by atoms with E-state index >= 15 is 0 Å². The van der Waals surface area contributed by atoms with Crippen LogP contribution in [0.2, 0.25) is 0 Å². The van der Waals surface area contributed by atoms with Gasteiger partial charge in [-0.3, -0.25) is 5.32 Å². The topological polar surface area (TPSA) is 111 Å². The second kappa shape index (κ2) is 6.45. The summed E-state index contributed by atoms with van der Waals surface area (Å²) < 4.78 is 52.9. The molecule has 3 heterocycles. The van der Waals surface area contributed by atoms with Crippen LogP contribution in [0.4, 0.5) is 23.8 Å². The standard InChI is InChI=1S/C15H17BF3N5O4/c1-13(2)14(3,4)28-16(27-13)8-7-24(23-11(8)15(17,18)19)10-6-5-9(21-22-10)20-12(25)26/h5-7H,1-4H3,(H,20,21)(H,25,26). The van der Waals surface area contributed by atoms with Crippen molar-refractivity contribution in [2.45, 2.75) is 45.1 Å². The van der Waals surface area contributed by atoms with E-state index in [1.807, 2.05) is 5.32 Å². The van der Waals surface area contributed by atoms with Crippen molar-refractivity contribution in [3.8, 4) is 5.82 Å². The molecule has 2 aromatic heterocycles. The van der Waals surface area contributed by atoms with Crippen molar-refractivity contribution < 1.29 is 32.4 Å². The highest BCUT2D eigenvalue weighted by Crippen LogP contribution is 2.38. The van der Waals surface area contributed by atoms with Gasteiger partial charge in [0.25, 0.3) is 0 Å². The molecule has 0 spiro atoms. The Hall–Kier alpha value is -2.67. The van der Waals surface area contributed by atoms with Crippen molar-refractivity contribution in [1.82, 2.24) is 20.0 Å². The molecule has 0 unspecified atom stereocenters. The number of carbonyl (C=O) groups is 1. The molecule has 0 saturated carbocycles. The third kappa shape index (κ3) is 3.67. The number of rotatable bonds is 3. The summed E-state index contributed by atoms with van der Waals surface area (Å²) in [6.45, 7) is 6.91. The monoisotopic (exact) mass is 399 g/mol. The average Bonchev–Trinajstić information content (AvgIpc) is 3.07. The van der Waals surface area contributed by atoms with Crippen molar-refractivity contribution in [1.29, 1.82) is 0 Å². The molecule has 2 aromatic rings. The lowest BCUT2D eigenvalue weighted by Crippen LogP contribution is -2.41. The molecule has 0 aromatic carbocycles. The minimum absolute atomic E-state index is 0.0378. The molecule has 1 aliphatic rings. The van der Waals surface area contributed by atoms with Crippen LogP contribution in [0.3, 0.4) is 0 Å². The number of nitrogens with zero attached hydrogens (tertiary/aromatic N) is 4. The molecule has 0 bridgehead atoms. The maximum atomic E-state index is 13.5. The van der Waals surface area contributed by atoms with Crippen LogP contribution in [0.15, 0.2) is 18.3 Å². The molecule has 3 rings (SSSR count). The van der Waals surface area contributed by atoms with Gasteiger partial charge in [0.1, 0.15) is 0 Å². The van der Waals surface area contributed by atoms with E-state index < -0.39 is 36.3 Å². The van der Waals surface area contributed by atoms with Crippen LogP contribution in [0.1, 0.15) is 33.4 Å². The summed E-state index contributed by atoms with van der Waals surface area (Å²) in [6.07, 6.45) is -4.98. The molecule has 2 N–H and O–H groups in total. The zero-order valence-electron chi connectivity index (χ0n) is 15.4. The minimum Gasteiger partial charge on any atom is -0.465 e. The Balaban J connectivity index is 1.99. The van der Waals surface area contributed by atoms with Gasteiger partial charge in [-0.05, 0) is 39.8 Å². The van der Waals surface area contributed by atoms with E-state index in [1.165, 1.54) is 12.1 Å². The van der Waals surface area contributed by atoms with Crippen LogP contribution in [0.5, 0.6) is 0 Å². The van der Waals surface area contributed by atoms with Gasteiger partial charge in [-0.2, -0.15) is 18.3 Å². The molecule has 1 fully saturated rings. The van der Waals surface area contributed by atoms with Gasteiger partial charge in [-0.1, -0.05) is 0 Å². The summed E-state index contributed by atoms with van der Waals surface area (Å²) in [5, 5.41) is 21.5. The number of hydrogen-bond donors (Lipinski definition) is 2. The molecular weight excluding hydrogens is 382 g/mol. The minimum atomic E-state index is -4.75. The Labute approximate surface area is 158 Å². The Morgan fingerprint density at radius 3 is 2.25 bits per heavy atom. The van der Waals surface area contributed by atoms with E-state index in [2.05, 4.69) is 15.3 Å². The number of halogens is 3. The van der Waals surface area contributed by atoms with Gasteiger partial charge in [-0.15, -0.1) is 10.2 Å². The smallest absolute Gasteiger partial charge is 0.465 e. The lowest BCUT2D eigenvalue weighted by molar-refractivity contribution is -0.140. The summed E-state index contributed by atoms with van der Waals surface area (Å²) in [5.41, 5.74) is -3.11. The van der Waals surface area contributed by atoms with E-state index in [1.54, 1.807) is 27.7 Å². The van der Waals surface area contributed by atoms with Crippen LogP contribution in [-0.2, 0) is 15.5 Å². The summed E-state index contributed by atoms with van der Waals surface area (Å²) in [5.74, 6) is -0.116. The molecule has 28 heavy (non-hydrogen) atoms. The van der Waals surface area contributed by atoms with Gasteiger partial charge < -0.3 is 14.4 Å². The fraction of sp³-hybridized carbons (Fsp3) is 0.467. The average molecular weight is 399 g/mol. The number of hydrogen-bond acceptors (Lipinski definition) is 6. The van der Waals surface area contributed by atoms with Crippen molar-refractivity contribution >= 4 is 24.5 Å². The molecule has 1 amide bonds. The van der Waals surface area contributed by atoms with Gasteiger partial charge in [0.15, 0.2) is 17.3 Å². The quantitative estimate of drug-likeness (QED) is 0.761. The SMILES string of the molecule is CC1(C)OB(c2cn(-c3ccc(NC(=O)O)nn3)nc2C(F)(F)F)OC1(C)C. The van der Waals surface area contributed by atoms with Crippen LogP contribution in [0, 0.1) is 0 Å². The number of amides is 1. The molecule has 0 radical (unpaired) electrons. The lowest BCUT2D eigenvalue weighted by atomic mass is 9.79. The van der Waals surface area contributed by atoms with Crippen molar-refractivity contribution in [3.63, 3.8) is 0 Å². The Kier molecular flexibility index (Phi) is 4.62. The molecule has 0 atom stereocenters. The second-order valence-corrected chi connectivity index (χ2v) is 7.17. The predicted molar refractivity (Wildman–Crippen MR) is 91.5 cm³/mol. The highest BCUT2D eigenvalue weighted by molar-refractivity contribution is 6.62. The number of aromatic nitrogens is 4. The van der Waals surface area contributed by atoms with Crippen molar-refractivity contribution in [2.75, 3.05) is 5.32 Å². The van der Waals surface area contributed by atoms with E-state index in [-0.39, 0.29) is 17.1 Å². The first-order valence-electron chi connectivity index (χ1n) is 8.16. The van der Waals surface area contributed by atoms with E-state index in [0.717, 1.165) is 10.9 Å². The maximum Gasteiger partial charge on any atom is 0.498 e. The van der Waals surface area contributed by atoms with Crippen molar-refractivity contribution in [2.24, 2.45) is 0 Å². The number of alkyl halides is 3. The number of carboxylic acid groups (broad SMARTS) is 1. The van der Waals surface area contributed by atoms with E-state index in [9.17, 15) is 18.0 Å². The van der Waals surface area contributed by atoms with Gasteiger partial charge in [-0.25, -0.2) is 9.48 Å². The third-order valence-electron chi connectivity index (χ3n) is 4.64. The van der Waals surface area contributed by atoms with Gasteiger partial charge in [0.2, 0.25) is 0 Å². The van der Waals surface area contributed by atoms with Crippen LogP contribution >= 0.6 is 0 Å². The molecule has 150 valence electrons. The fourth-order valence-corrected chi connectivity index (χ4v) is 2.49. The van der Waals surface area contributed by atoms with Gasteiger partial charge in [0, 0.05) is 11.7 Å². The first-order chi connectivity index (χ1) is 12.8. The number of nitrogens with one attached hydrogen (secondary N) is 1. The zero-order valence-corrected chi connectivity index (χ0v) is 15.4. The first kappa shape index (κ1) is 20.1. The second-order valence-electron chi connectivity index (χ2n) is 7.17. The Morgan fingerprint density at radius 1 is 1.18 bits per heavy atom. The van der Waals surface area contributed by atoms with Crippen LogP contribution in [-0.4, -0.2) is 49.5 Å². The molecule has 1 saturated heterocycles. The zero-order chi connectivity index (χ0) is 20.9. The lowest BCUT2D eigenvalue weighted by Gasteiger charge is -2.32. The Morgan fingerprint density at radius 2 is 1.79 bits per heavy atom. The molecule has 1 aliphatic heterocycles. The molecule has 13 heteroatoms. The summed E-state index contributed by atoms with van der Waals surface area (Å²) in [6, 6.07) is 2.53. The van der Waals surface area contributed by atoms with Gasteiger partial charge in [0.05, 0.1) is 11.2 Å². The summed E-state index contributed by atoms with van der Waals surface area (Å²) >= 11 is 0. The van der Waals surface area contributed by atoms with E-state index in [0.29, 0.717) is 0 Å². The first-order valence-corrected chi connectivity index (χ1v) is 8.16. The van der Waals surface area contributed by atoms with E-state index in [4.69, 9.17) is 14.4 Å². The van der Waals surface area contributed by atoms with Crippen LogP contribution in [0.25, 0.3) is 5.82 Å². The summed E-state index contributed by atoms with van der Waals surface area (Å²) in [4.78, 5) is 10.6. The molecule has 9 nitrogen and oxygen atoms in total. The third-order valence-corrected chi connectivity index (χ3v) is 4.64. The highest BCUT2D eigenvalue weighted by Gasteiger charge is 2.54. The predicted octanol–water partition coefficient (Wildman–Crippen LogP) is 2.07. The normalized spacial score (nSPS) is 18.3. The maximum absolute atomic E-state index is 13.5. The Bertz CT molecular complexity index is 882. The van der Waals surface area contributed by atoms with Crippen LogP contribution < -0.4 is 10.8 Å². The largest absolute Gasteiger partial charge is 0.498 e. The van der Waals surface area contributed by atoms with Crippen molar-refractivity contribution in [3.05, 3.63) is 24.0 Å². The number of anilines is 1.